The van der Waals surface area contributed by atoms with E-state index in [1.54, 1.807) is 14.2 Å². The molecule has 4 rings (SSSR count). The summed E-state index contributed by atoms with van der Waals surface area (Å²) in [5.74, 6) is 2.13. The van der Waals surface area contributed by atoms with E-state index in [1.165, 1.54) is 5.56 Å². The minimum atomic E-state index is 0.518. The van der Waals surface area contributed by atoms with Gasteiger partial charge in [0.2, 0.25) is 0 Å². The van der Waals surface area contributed by atoms with Crippen LogP contribution in [-0.2, 0) is 0 Å². The highest BCUT2D eigenvalue weighted by Gasteiger charge is 2.13. The first kappa shape index (κ1) is 19.7. The Labute approximate surface area is 176 Å². The molecule has 3 aromatic carbocycles. The molecule has 0 atom stereocenters. The molecule has 5 heteroatoms. The van der Waals surface area contributed by atoms with Gasteiger partial charge in [0.1, 0.15) is 5.82 Å². The van der Waals surface area contributed by atoms with E-state index < -0.39 is 0 Å². The monoisotopic (exact) mass is 399 g/mol. The molecule has 0 bridgehead atoms. The third kappa shape index (κ3) is 3.93. The van der Waals surface area contributed by atoms with E-state index in [0.717, 1.165) is 33.4 Å². The zero-order valence-corrected chi connectivity index (χ0v) is 17.2. The van der Waals surface area contributed by atoms with Gasteiger partial charge in [-0.05, 0) is 40.8 Å². The number of methoxy groups -OCH3 is 2. The SMILES string of the molecule is COc1cc2cc(-c3cccc(-c4ccccc4)c3)nc(NCCN)c2cc1OC. The first-order valence-corrected chi connectivity index (χ1v) is 9.90. The highest BCUT2D eigenvalue weighted by molar-refractivity contribution is 5.97. The lowest BCUT2D eigenvalue weighted by Gasteiger charge is -2.15. The van der Waals surface area contributed by atoms with Gasteiger partial charge in [0.05, 0.1) is 19.9 Å². The Morgan fingerprint density at radius 3 is 2.23 bits per heavy atom. The molecule has 0 aliphatic carbocycles. The summed E-state index contributed by atoms with van der Waals surface area (Å²) < 4.78 is 11.0. The van der Waals surface area contributed by atoms with Gasteiger partial charge in [-0.15, -0.1) is 0 Å². The van der Waals surface area contributed by atoms with Crippen LogP contribution in [0.1, 0.15) is 0 Å². The number of ether oxygens (including phenoxy) is 2. The number of nitrogens with one attached hydrogen (secondary N) is 1. The largest absolute Gasteiger partial charge is 0.493 e. The molecule has 152 valence electrons. The molecule has 0 radical (unpaired) electrons. The van der Waals surface area contributed by atoms with Crippen LogP contribution in [0.2, 0.25) is 0 Å². The molecule has 0 aliphatic rings. The summed E-state index contributed by atoms with van der Waals surface area (Å²) in [7, 11) is 3.27. The van der Waals surface area contributed by atoms with E-state index in [1.807, 2.05) is 30.3 Å². The normalized spacial score (nSPS) is 10.8. The Morgan fingerprint density at radius 1 is 0.800 bits per heavy atom. The van der Waals surface area contributed by atoms with Crippen molar-refractivity contribution < 1.29 is 9.47 Å². The summed E-state index contributed by atoms with van der Waals surface area (Å²) in [5.41, 5.74) is 9.97. The van der Waals surface area contributed by atoms with Crippen molar-refractivity contribution in [3.63, 3.8) is 0 Å². The summed E-state index contributed by atoms with van der Waals surface area (Å²) >= 11 is 0. The lowest BCUT2D eigenvalue weighted by molar-refractivity contribution is 0.356. The first-order chi connectivity index (χ1) is 14.7. The second-order valence-electron chi connectivity index (χ2n) is 6.95. The van der Waals surface area contributed by atoms with Crippen LogP contribution in [0.15, 0.2) is 72.8 Å². The number of nitrogens with zero attached hydrogens (tertiary/aromatic N) is 1. The van der Waals surface area contributed by atoms with E-state index in [-0.39, 0.29) is 0 Å². The van der Waals surface area contributed by atoms with Crippen LogP contribution in [-0.4, -0.2) is 32.3 Å². The second kappa shape index (κ2) is 8.84. The zero-order valence-electron chi connectivity index (χ0n) is 17.2. The summed E-state index contributed by atoms with van der Waals surface area (Å²) in [4.78, 5) is 4.91. The highest BCUT2D eigenvalue weighted by Crippen LogP contribution is 2.37. The fourth-order valence-electron chi connectivity index (χ4n) is 3.54. The molecule has 5 nitrogen and oxygen atoms in total. The molecule has 4 aromatic rings. The van der Waals surface area contributed by atoms with Gasteiger partial charge in [0.25, 0.3) is 0 Å². The number of hydrogen-bond acceptors (Lipinski definition) is 5. The molecular weight excluding hydrogens is 374 g/mol. The molecule has 1 aromatic heterocycles. The van der Waals surface area contributed by atoms with Gasteiger partial charge in [0, 0.05) is 24.0 Å². The number of rotatable bonds is 7. The fraction of sp³-hybridized carbons (Fsp3) is 0.160. The topological polar surface area (TPSA) is 69.4 Å². The van der Waals surface area contributed by atoms with Gasteiger partial charge in [-0.3, -0.25) is 0 Å². The van der Waals surface area contributed by atoms with Gasteiger partial charge in [-0.2, -0.15) is 0 Å². The van der Waals surface area contributed by atoms with E-state index in [4.69, 9.17) is 20.2 Å². The highest BCUT2D eigenvalue weighted by atomic mass is 16.5. The second-order valence-corrected chi connectivity index (χ2v) is 6.95. The molecule has 0 aliphatic heterocycles. The Balaban J connectivity index is 1.87. The summed E-state index contributed by atoms with van der Waals surface area (Å²) in [6.07, 6.45) is 0. The minimum Gasteiger partial charge on any atom is -0.493 e. The average Bonchev–Trinajstić information content (AvgIpc) is 2.82. The van der Waals surface area contributed by atoms with Crippen molar-refractivity contribution >= 4 is 16.6 Å². The molecule has 0 saturated carbocycles. The maximum Gasteiger partial charge on any atom is 0.161 e. The standard InChI is InChI=1S/C25H25N3O2/c1-29-23-15-20-14-22(28-25(27-12-11-26)21(20)16-24(23)30-2)19-10-6-9-18(13-19)17-7-4-3-5-8-17/h3-10,13-16H,11-12,26H2,1-2H3,(H,27,28). The van der Waals surface area contributed by atoms with Crippen molar-refractivity contribution in [3.8, 4) is 33.9 Å². The molecule has 0 amide bonds. The third-order valence-corrected chi connectivity index (χ3v) is 5.04. The number of aromatic nitrogens is 1. The number of pyridine rings is 1. The molecule has 0 unspecified atom stereocenters. The Kier molecular flexibility index (Phi) is 5.82. The molecule has 1 heterocycles. The number of anilines is 1. The van der Waals surface area contributed by atoms with Crippen LogP contribution in [0.5, 0.6) is 11.5 Å². The lowest BCUT2D eigenvalue weighted by Crippen LogP contribution is -2.14. The maximum atomic E-state index is 5.72. The average molecular weight is 399 g/mol. The van der Waals surface area contributed by atoms with Crippen LogP contribution in [0.25, 0.3) is 33.2 Å². The van der Waals surface area contributed by atoms with Crippen molar-refractivity contribution in [2.75, 3.05) is 32.6 Å². The summed E-state index contributed by atoms with van der Waals surface area (Å²) in [5, 5.41) is 5.33. The molecule has 0 saturated heterocycles. The summed E-state index contributed by atoms with van der Waals surface area (Å²) in [6.45, 7) is 1.15. The lowest BCUT2D eigenvalue weighted by atomic mass is 10.0. The summed E-state index contributed by atoms with van der Waals surface area (Å²) in [6, 6.07) is 24.8. The number of nitrogens with two attached hydrogens (primary N) is 1. The Hall–Kier alpha value is -3.57. The van der Waals surface area contributed by atoms with Crippen LogP contribution in [0.4, 0.5) is 5.82 Å². The zero-order chi connectivity index (χ0) is 20.9. The predicted octanol–water partition coefficient (Wildman–Crippen LogP) is 4.96. The molecular formula is C25H25N3O2. The third-order valence-electron chi connectivity index (χ3n) is 5.04. The van der Waals surface area contributed by atoms with Crippen LogP contribution >= 0.6 is 0 Å². The fourth-order valence-corrected chi connectivity index (χ4v) is 3.54. The molecule has 30 heavy (non-hydrogen) atoms. The van der Waals surface area contributed by atoms with Crippen molar-refractivity contribution in [3.05, 3.63) is 72.8 Å². The number of fused-ring (bicyclic) bond motifs is 1. The van der Waals surface area contributed by atoms with Gasteiger partial charge in [0.15, 0.2) is 11.5 Å². The Bertz CT molecular complexity index is 1160. The van der Waals surface area contributed by atoms with E-state index in [0.29, 0.717) is 24.6 Å². The van der Waals surface area contributed by atoms with Gasteiger partial charge < -0.3 is 20.5 Å². The van der Waals surface area contributed by atoms with E-state index >= 15 is 0 Å². The number of hydrogen-bond donors (Lipinski definition) is 2. The van der Waals surface area contributed by atoms with Crippen LogP contribution < -0.4 is 20.5 Å². The van der Waals surface area contributed by atoms with Crippen molar-refractivity contribution in [2.45, 2.75) is 0 Å². The quantitative estimate of drug-likeness (QED) is 0.460. The Morgan fingerprint density at radius 2 is 1.50 bits per heavy atom. The van der Waals surface area contributed by atoms with Gasteiger partial charge in [-0.25, -0.2) is 4.98 Å². The van der Waals surface area contributed by atoms with Crippen molar-refractivity contribution in [2.24, 2.45) is 5.73 Å². The van der Waals surface area contributed by atoms with E-state index in [9.17, 15) is 0 Å². The first-order valence-electron chi connectivity index (χ1n) is 9.90. The smallest absolute Gasteiger partial charge is 0.161 e. The van der Waals surface area contributed by atoms with Crippen molar-refractivity contribution in [1.29, 1.82) is 0 Å². The molecule has 0 spiro atoms. The van der Waals surface area contributed by atoms with E-state index in [2.05, 4.69) is 47.8 Å². The van der Waals surface area contributed by atoms with Gasteiger partial charge >= 0.3 is 0 Å². The van der Waals surface area contributed by atoms with Crippen molar-refractivity contribution in [1.82, 2.24) is 4.98 Å². The van der Waals surface area contributed by atoms with Crippen LogP contribution in [0, 0.1) is 0 Å². The number of benzene rings is 3. The molecule has 3 N–H and O–H groups in total. The predicted molar refractivity (Wildman–Crippen MR) is 123 cm³/mol. The molecule has 0 fully saturated rings. The van der Waals surface area contributed by atoms with Crippen LogP contribution in [0.3, 0.4) is 0 Å². The van der Waals surface area contributed by atoms with Gasteiger partial charge in [-0.1, -0.05) is 48.5 Å². The maximum absolute atomic E-state index is 5.72. The minimum absolute atomic E-state index is 0.518.